The second-order valence-electron chi connectivity index (χ2n) is 6.77. The van der Waals surface area contributed by atoms with Gasteiger partial charge in [0, 0.05) is 37.7 Å². The molecule has 1 aromatic heterocycles. The minimum atomic E-state index is -2.93. The van der Waals surface area contributed by atoms with Gasteiger partial charge in [-0.05, 0) is 25.7 Å². The highest BCUT2D eigenvalue weighted by atomic mass is 32.2. The maximum Gasteiger partial charge on any atom is 0.191 e. The molecule has 1 aromatic rings. The molecule has 2 N–H and O–H groups in total. The fraction of sp³-hybridized carbons (Fsp3) is 0.750. The number of rotatable bonds is 9. The van der Waals surface area contributed by atoms with E-state index in [9.17, 15) is 8.42 Å². The van der Waals surface area contributed by atoms with Crippen LogP contribution in [0.25, 0.3) is 0 Å². The molecule has 1 rings (SSSR count). The molecule has 0 unspecified atom stereocenters. The van der Waals surface area contributed by atoms with Gasteiger partial charge in [-0.15, -0.1) is 11.3 Å². The molecule has 0 radical (unpaired) electrons. The molecule has 0 bridgehead atoms. The Morgan fingerprint density at radius 3 is 2.62 bits per heavy atom. The monoisotopic (exact) mass is 374 g/mol. The van der Waals surface area contributed by atoms with Gasteiger partial charge in [-0.25, -0.2) is 13.4 Å². The number of aryl methyl sites for hydroxylation is 1. The molecule has 1 heterocycles. The maximum absolute atomic E-state index is 11.3. The van der Waals surface area contributed by atoms with Crippen molar-refractivity contribution in [3.63, 3.8) is 0 Å². The zero-order valence-electron chi connectivity index (χ0n) is 15.3. The Morgan fingerprint density at radius 2 is 2.08 bits per heavy atom. The second-order valence-corrected chi connectivity index (χ2v) is 10.1. The SMILES string of the molecule is CCNC(=NCC(C)(C)CCS(C)(=O)=O)NCCc1csc(C)n1. The lowest BCUT2D eigenvalue weighted by molar-refractivity contribution is 0.365. The average Bonchev–Trinajstić information content (AvgIpc) is 2.88. The summed E-state index contributed by atoms with van der Waals surface area (Å²) in [4.78, 5) is 9.05. The van der Waals surface area contributed by atoms with E-state index in [2.05, 4.69) is 26.0 Å². The molecule has 0 aromatic carbocycles. The molecule has 0 aliphatic heterocycles. The van der Waals surface area contributed by atoms with Gasteiger partial charge in [-0.2, -0.15) is 0 Å². The number of hydrogen-bond acceptors (Lipinski definition) is 5. The van der Waals surface area contributed by atoms with E-state index in [1.54, 1.807) is 11.3 Å². The van der Waals surface area contributed by atoms with Gasteiger partial charge in [-0.1, -0.05) is 13.8 Å². The first-order valence-corrected chi connectivity index (χ1v) is 11.2. The highest BCUT2D eigenvalue weighted by molar-refractivity contribution is 7.90. The molecule has 0 saturated heterocycles. The van der Waals surface area contributed by atoms with Crippen LogP contribution in [-0.4, -0.2) is 51.0 Å². The Hall–Kier alpha value is -1.15. The van der Waals surface area contributed by atoms with Gasteiger partial charge >= 0.3 is 0 Å². The Morgan fingerprint density at radius 1 is 1.38 bits per heavy atom. The maximum atomic E-state index is 11.3. The molecule has 0 saturated carbocycles. The zero-order chi connectivity index (χ0) is 18.2. The highest BCUT2D eigenvalue weighted by Crippen LogP contribution is 2.21. The molecule has 138 valence electrons. The van der Waals surface area contributed by atoms with Crippen molar-refractivity contribution in [2.45, 2.75) is 40.5 Å². The van der Waals surface area contributed by atoms with Crippen molar-refractivity contribution >= 4 is 27.1 Å². The van der Waals surface area contributed by atoms with Crippen molar-refractivity contribution in [1.29, 1.82) is 0 Å². The van der Waals surface area contributed by atoms with Crippen LogP contribution >= 0.6 is 11.3 Å². The predicted octanol–water partition coefficient (Wildman–Crippen LogP) is 2.01. The number of hydrogen-bond donors (Lipinski definition) is 2. The van der Waals surface area contributed by atoms with Crippen molar-refractivity contribution in [2.24, 2.45) is 10.4 Å². The van der Waals surface area contributed by atoms with Crippen LogP contribution in [-0.2, 0) is 16.3 Å². The number of nitrogens with one attached hydrogen (secondary N) is 2. The Bertz CT molecular complexity index is 636. The molecule has 0 fully saturated rings. The summed E-state index contributed by atoms with van der Waals surface area (Å²) in [6.07, 6.45) is 2.73. The van der Waals surface area contributed by atoms with Gasteiger partial charge in [0.15, 0.2) is 5.96 Å². The zero-order valence-corrected chi connectivity index (χ0v) is 17.0. The first kappa shape index (κ1) is 20.9. The van der Waals surface area contributed by atoms with E-state index in [0.29, 0.717) is 13.0 Å². The van der Waals surface area contributed by atoms with Crippen LogP contribution in [0.3, 0.4) is 0 Å². The van der Waals surface area contributed by atoms with E-state index in [0.717, 1.165) is 36.2 Å². The van der Waals surface area contributed by atoms with Crippen molar-refractivity contribution < 1.29 is 8.42 Å². The Kier molecular flexibility index (Phi) is 8.15. The van der Waals surface area contributed by atoms with Crippen LogP contribution in [0, 0.1) is 12.3 Å². The lowest BCUT2D eigenvalue weighted by atomic mass is 9.90. The summed E-state index contributed by atoms with van der Waals surface area (Å²) in [5, 5.41) is 9.69. The normalized spacial score (nSPS) is 13.1. The lowest BCUT2D eigenvalue weighted by Gasteiger charge is -2.22. The highest BCUT2D eigenvalue weighted by Gasteiger charge is 2.20. The summed E-state index contributed by atoms with van der Waals surface area (Å²) in [5.74, 6) is 0.958. The third-order valence-electron chi connectivity index (χ3n) is 3.50. The standard InChI is InChI=1S/C16H30N4O2S2/c1-6-17-15(18-9-7-14-11-23-13(2)20-14)19-12-16(3,4)8-10-24(5,21)22/h11H,6-10,12H2,1-5H3,(H2,17,18,19). The van der Waals surface area contributed by atoms with E-state index in [1.807, 2.05) is 27.7 Å². The van der Waals surface area contributed by atoms with Crippen LogP contribution in [0.4, 0.5) is 0 Å². The number of thiazole rings is 1. The number of nitrogens with zero attached hydrogens (tertiary/aromatic N) is 2. The van der Waals surface area contributed by atoms with Gasteiger partial charge in [0.25, 0.3) is 0 Å². The van der Waals surface area contributed by atoms with Gasteiger partial charge in [-0.3, -0.25) is 4.99 Å². The van der Waals surface area contributed by atoms with Crippen molar-refractivity contribution in [3.05, 3.63) is 16.1 Å². The lowest BCUT2D eigenvalue weighted by Crippen LogP contribution is -2.39. The molecule has 8 heteroatoms. The molecule has 0 amide bonds. The first-order valence-electron chi connectivity index (χ1n) is 8.22. The minimum absolute atomic E-state index is 0.155. The summed E-state index contributed by atoms with van der Waals surface area (Å²) in [6.45, 7) is 10.2. The summed E-state index contributed by atoms with van der Waals surface area (Å²) < 4.78 is 22.7. The molecule has 0 atom stereocenters. The first-order chi connectivity index (χ1) is 11.1. The Balaban J connectivity index is 2.51. The molecule has 0 aliphatic carbocycles. The number of aromatic nitrogens is 1. The van der Waals surface area contributed by atoms with E-state index in [4.69, 9.17) is 0 Å². The second kappa shape index (κ2) is 9.36. The molecule has 6 nitrogen and oxygen atoms in total. The summed E-state index contributed by atoms with van der Waals surface area (Å²) in [6, 6.07) is 0. The molecule has 0 aliphatic rings. The summed E-state index contributed by atoms with van der Waals surface area (Å²) in [5.41, 5.74) is 0.937. The van der Waals surface area contributed by atoms with Crippen LogP contribution in [0.2, 0.25) is 0 Å². The van der Waals surface area contributed by atoms with Crippen LogP contribution < -0.4 is 10.6 Å². The van der Waals surface area contributed by atoms with Gasteiger partial charge < -0.3 is 10.6 Å². The van der Waals surface area contributed by atoms with Gasteiger partial charge in [0.05, 0.1) is 16.5 Å². The Labute approximate surface area is 150 Å². The predicted molar refractivity (Wildman–Crippen MR) is 103 cm³/mol. The summed E-state index contributed by atoms with van der Waals surface area (Å²) >= 11 is 1.66. The third-order valence-corrected chi connectivity index (χ3v) is 5.27. The molecule has 24 heavy (non-hydrogen) atoms. The van der Waals surface area contributed by atoms with E-state index < -0.39 is 9.84 Å². The smallest absolute Gasteiger partial charge is 0.191 e. The fourth-order valence-corrected chi connectivity index (χ4v) is 3.58. The van der Waals surface area contributed by atoms with E-state index in [1.165, 1.54) is 6.26 Å². The van der Waals surface area contributed by atoms with Gasteiger partial charge in [0.1, 0.15) is 9.84 Å². The van der Waals surface area contributed by atoms with Crippen molar-refractivity contribution in [1.82, 2.24) is 15.6 Å². The molecular weight excluding hydrogens is 344 g/mol. The van der Waals surface area contributed by atoms with Crippen molar-refractivity contribution in [3.8, 4) is 0 Å². The third kappa shape index (κ3) is 9.22. The van der Waals surface area contributed by atoms with Crippen LogP contribution in [0.1, 0.15) is 37.9 Å². The van der Waals surface area contributed by atoms with E-state index >= 15 is 0 Å². The number of aliphatic imine (C=N–C) groups is 1. The number of sulfone groups is 1. The van der Waals surface area contributed by atoms with Crippen LogP contribution in [0.15, 0.2) is 10.4 Å². The van der Waals surface area contributed by atoms with Crippen LogP contribution in [0.5, 0.6) is 0 Å². The van der Waals surface area contributed by atoms with Gasteiger partial charge in [0.2, 0.25) is 0 Å². The summed E-state index contributed by atoms with van der Waals surface area (Å²) in [7, 11) is -2.93. The fourth-order valence-electron chi connectivity index (χ4n) is 2.01. The quantitative estimate of drug-likeness (QED) is 0.510. The molecular formula is C16H30N4O2S2. The average molecular weight is 375 g/mol. The topological polar surface area (TPSA) is 83.5 Å². The van der Waals surface area contributed by atoms with E-state index in [-0.39, 0.29) is 11.2 Å². The van der Waals surface area contributed by atoms with Crippen molar-refractivity contribution in [2.75, 3.05) is 31.6 Å². The number of guanidine groups is 1. The largest absolute Gasteiger partial charge is 0.357 e. The minimum Gasteiger partial charge on any atom is -0.357 e. The molecule has 0 spiro atoms.